The summed E-state index contributed by atoms with van der Waals surface area (Å²) >= 11 is 0. The first-order valence-corrected chi connectivity index (χ1v) is 28.2. The minimum atomic E-state index is -0.629. The quantitative estimate of drug-likeness (QED) is 0.0378. The first-order valence-electron chi connectivity index (χ1n) is 28.2. The number of nitrogens with one attached hydrogen (secondary N) is 4. The second-order valence-corrected chi connectivity index (χ2v) is 20.2. The third-order valence-corrected chi connectivity index (χ3v) is 13.0. The van der Waals surface area contributed by atoms with Gasteiger partial charge in [-0.3, -0.25) is 19.2 Å². The van der Waals surface area contributed by atoms with Gasteiger partial charge in [-0.25, -0.2) is 9.97 Å². The normalized spacial score (nSPS) is 10.7. The third kappa shape index (κ3) is 18.5. The molecule has 0 aliphatic carbocycles. The maximum Gasteiger partial charge on any atom is 0.256 e. The molecule has 8 aromatic carbocycles. The highest BCUT2D eigenvalue weighted by molar-refractivity contribution is 6.09. The van der Waals surface area contributed by atoms with Crippen LogP contribution in [0.5, 0.6) is 40.2 Å². The molecule has 0 fully saturated rings. The smallest absolute Gasteiger partial charge is 0.256 e. The van der Waals surface area contributed by atoms with Gasteiger partial charge in [0.05, 0.1) is 0 Å². The van der Waals surface area contributed by atoms with Crippen LogP contribution in [0.3, 0.4) is 0 Å². The molecule has 2 heterocycles. The Morgan fingerprint density at radius 1 is 0.273 bits per heavy atom. The molecule has 10 aromatic rings. The molecule has 0 spiro atoms. The van der Waals surface area contributed by atoms with Crippen LogP contribution in [-0.4, -0.2) is 33.6 Å². The molecule has 0 bridgehead atoms. The van der Waals surface area contributed by atoms with Gasteiger partial charge in [0.1, 0.15) is 110 Å². The van der Waals surface area contributed by atoms with E-state index in [9.17, 15) is 19.2 Å². The van der Waals surface area contributed by atoms with E-state index in [4.69, 9.17) is 33.2 Å². The number of nitrogens with zero attached hydrogens (tertiary/aromatic N) is 2. The number of carbonyl (C=O) groups is 4. The van der Waals surface area contributed by atoms with E-state index in [2.05, 4.69) is 31.2 Å². The van der Waals surface area contributed by atoms with E-state index in [1.807, 2.05) is 170 Å². The summed E-state index contributed by atoms with van der Waals surface area (Å²) in [6, 6.07) is 70.3. The highest BCUT2D eigenvalue weighted by atomic mass is 16.5. The molecular weight excluding hydrogens is 1110 g/mol. The van der Waals surface area contributed by atoms with Gasteiger partial charge in [0, 0.05) is 43.2 Å². The van der Waals surface area contributed by atoms with Gasteiger partial charge in [0.15, 0.2) is 0 Å². The lowest BCUT2D eigenvalue weighted by molar-refractivity contribution is -0.115. The van der Waals surface area contributed by atoms with E-state index in [-0.39, 0.29) is 71.8 Å². The summed E-state index contributed by atoms with van der Waals surface area (Å²) in [5.41, 5.74) is 6.24. The molecule has 0 unspecified atom stereocenters. The molecule has 0 aliphatic heterocycles. The van der Waals surface area contributed by atoms with Crippen LogP contribution in [0.15, 0.2) is 231 Å². The SMILES string of the molecule is CC(=O)Nc1cccc(NC(=O)c2cc(OCc3cc(OCc4cc(OCc5ccccc5)cc(OCc5ccccc5)c4)cc(OCc4cc(OCc5ccccc5)cc(OCc5ccccc5)c4)c3)cc(C(=O)Nc3cccc(NC(C)=O)n3)c2)n1. The summed E-state index contributed by atoms with van der Waals surface area (Å²) in [6.07, 6.45) is 0. The van der Waals surface area contributed by atoms with E-state index in [0.717, 1.165) is 33.4 Å². The number of anilines is 4. The van der Waals surface area contributed by atoms with Crippen molar-refractivity contribution in [2.75, 3.05) is 21.3 Å². The number of amides is 4. The van der Waals surface area contributed by atoms with Crippen molar-refractivity contribution < 1.29 is 52.3 Å². The summed E-state index contributed by atoms with van der Waals surface area (Å²) in [5.74, 6) is 2.18. The lowest BCUT2D eigenvalue weighted by atomic mass is 10.1. The fourth-order valence-electron chi connectivity index (χ4n) is 8.94. The second kappa shape index (κ2) is 29.9. The Morgan fingerprint density at radius 2 is 0.511 bits per heavy atom. The van der Waals surface area contributed by atoms with Crippen molar-refractivity contribution in [2.45, 2.75) is 60.1 Å². The highest BCUT2D eigenvalue weighted by Crippen LogP contribution is 2.32. The Kier molecular flexibility index (Phi) is 20.3. The monoisotopic (exact) mass is 1170 g/mol. The van der Waals surface area contributed by atoms with Crippen LogP contribution in [0, 0.1) is 0 Å². The van der Waals surface area contributed by atoms with Crippen LogP contribution in [0.25, 0.3) is 0 Å². The molecule has 442 valence electrons. The van der Waals surface area contributed by atoms with Crippen LogP contribution in [-0.2, 0) is 55.8 Å². The number of hydrogen-bond acceptors (Lipinski definition) is 13. The molecule has 88 heavy (non-hydrogen) atoms. The molecule has 0 radical (unpaired) electrons. The first kappa shape index (κ1) is 59.7. The molecule has 0 aliphatic rings. The van der Waals surface area contributed by atoms with Crippen molar-refractivity contribution in [1.82, 2.24) is 9.97 Å². The predicted octanol–water partition coefficient (Wildman–Crippen LogP) is 14.0. The third-order valence-electron chi connectivity index (χ3n) is 13.0. The van der Waals surface area contributed by atoms with Gasteiger partial charge in [0.2, 0.25) is 11.8 Å². The first-order chi connectivity index (χ1) is 42.9. The fraction of sp³-hybridized carbons (Fsp3) is 0.127. The zero-order valence-corrected chi connectivity index (χ0v) is 48.3. The van der Waals surface area contributed by atoms with Gasteiger partial charge in [-0.15, -0.1) is 0 Å². The molecule has 17 nitrogen and oxygen atoms in total. The average Bonchev–Trinajstić information content (AvgIpc) is 3.20. The number of carbonyl (C=O) groups excluding carboxylic acids is 4. The molecular formula is C71H62N6O11. The Morgan fingerprint density at radius 3 is 0.773 bits per heavy atom. The van der Waals surface area contributed by atoms with Crippen molar-refractivity contribution in [3.05, 3.63) is 281 Å². The number of benzene rings is 8. The zero-order chi connectivity index (χ0) is 60.9. The number of ether oxygens (including phenoxy) is 7. The average molecular weight is 1180 g/mol. The minimum Gasteiger partial charge on any atom is -0.489 e. The summed E-state index contributed by atoms with van der Waals surface area (Å²) in [6.45, 7) is 4.14. The number of aromatic nitrogens is 2. The fourth-order valence-corrected chi connectivity index (χ4v) is 8.94. The van der Waals surface area contributed by atoms with Gasteiger partial charge >= 0.3 is 0 Å². The molecule has 2 aromatic heterocycles. The van der Waals surface area contributed by atoms with Crippen molar-refractivity contribution in [1.29, 1.82) is 0 Å². The Hall–Kier alpha value is -11.5. The lowest BCUT2D eigenvalue weighted by Crippen LogP contribution is -2.18. The molecule has 0 saturated heterocycles. The largest absolute Gasteiger partial charge is 0.489 e. The summed E-state index contributed by atoms with van der Waals surface area (Å²) < 4.78 is 45.0. The van der Waals surface area contributed by atoms with Crippen LogP contribution in [0.2, 0.25) is 0 Å². The van der Waals surface area contributed by atoms with Gasteiger partial charge in [-0.1, -0.05) is 133 Å². The van der Waals surface area contributed by atoms with E-state index < -0.39 is 11.8 Å². The van der Waals surface area contributed by atoms with Gasteiger partial charge < -0.3 is 54.4 Å². The van der Waals surface area contributed by atoms with E-state index in [0.29, 0.717) is 66.5 Å². The van der Waals surface area contributed by atoms with Crippen molar-refractivity contribution in [3.8, 4) is 40.2 Å². The minimum absolute atomic E-state index is 0.0413. The second-order valence-electron chi connectivity index (χ2n) is 20.2. The van der Waals surface area contributed by atoms with Gasteiger partial charge in [-0.2, -0.15) is 0 Å². The molecule has 0 atom stereocenters. The molecule has 4 amide bonds. The summed E-state index contributed by atoms with van der Waals surface area (Å²) in [7, 11) is 0. The maximum absolute atomic E-state index is 14.1. The number of pyridine rings is 2. The Labute approximate surface area is 509 Å². The van der Waals surface area contributed by atoms with E-state index in [1.54, 1.807) is 42.5 Å². The zero-order valence-electron chi connectivity index (χ0n) is 48.3. The van der Waals surface area contributed by atoms with Crippen LogP contribution in [0.1, 0.15) is 73.5 Å². The number of rotatable bonds is 27. The van der Waals surface area contributed by atoms with Crippen molar-refractivity contribution in [2.24, 2.45) is 0 Å². The summed E-state index contributed by atoms with van der Waals surface area (Å²) in [4.78, 5) is 60.5. The summed E-state index contributed by atoms with van der Waals surface area (Å²) in [5, 5.41) is 10.7. The predicted molar refractivity (Wildman–Crippen MR) is 335 cm³/mol. The lowest BCUT2D eigenvalue weighted by Gasteiger charge is -2.16. The van der Waals surface area contributed by atoms with Crippen LogP contribution >= 0.6 is 0 Å². The van der Waals surface area contributed by atoms with Crippen molar-refractivity contribution in [3.63, 3.8) is 0 Å². The standard InChI is InChI=1S/C71H62N6O11/c1-48(78)72-66-25-15-27-68(74-66)76-70(80)57-35-58(71(81)77-69-28-16-26-67(75-69)73-49(2)79)37-65(36-57)88-47-56-33-63(86-45-54-29-59(82-41-50-17-7-3-8-18-50)38-60(30-54)83-42-51-19-9-4-10-20-51)40-64(34-56)87-46-55-31-61(84-43-52-21-11-5-12-22-52)39-62(32-55)85-44-53-23-13-6-14-24-53/h3-40H,41-47H2,1-2H3,(H2,72,74,76,78,80)(H2,73,75,77,79,81). The van der Waals surface area contributed by atoms with E-state index in [1.165, 1.54) is 32.0 Å². The number of hydrogen-bond donors (Lipinski definition) is 4. The highest BCUT2D eigenvalue weighted by Gasteiger charge is 2.18. The molecule has 4 N–H and O–H groups in total. The maximum atomic E-state index is 14.1. The van der Waals surface area contributed by atoms with Gasteiger partial charge in [-0.05, 0) is 118 Å². The Bertz CT molecular complexity index is 3630. The van der Waals surface area contributed by atoms with Crippen molar-refractivity contribution >= 4 is 46.9 Å². The molecule has 17 heteroatoms. The molecule has 0 saturated carbocycles. The van der Waals surface area contributed by atoms with E-state index >= 15 is 0 Å². The topological polar surface area (TPSA) is 207 Å². The molecule has 10 rings (SSSR count). The van der Waals surface area contributed by atoms with Crippen LogP contribution < -0.4 is 54.4 Å². The van der Waals surface area contributed by atoms with Gasteiger partial charge in [0.25, 0.3) is 11.8 Å². The Balaban J connectivity index is 0.950. The van der Waals surface area contributed by atoms with Crippen LogP contribution in [0.4, 0.5) is 23.3 Å².